The Morgan fingerprint density at radius 2 is 1.88 bits per heavy atom. The van der Waals surface area contributed by atoms with Crippen LogP contribution in [0, 0.1) is 17.2 Å². The minimum atomic E-state index is -0.729. The first-order valence-corrected chi connectivity index (χ1v) is 10.2. The number of nitrogens with zero attached hydrogens (tertiary/aromatic N) is 2. The third kappa shape index (κ3) is 5.99. The third-order valence-corrected chi connectivity index (χ3v) is 4.65. The smallest absolute Gasteiger partial charge is 0.261 e. The van der Waals surface area contributed by atoms with Gasteiger partial charge in [0.15, 0.2) is 6.10 Å². The molecule has 1 atom stereocenters. The van der Waals surface area contributed by atoms with Crippen LogP contribution in [0.1, 0.15) is 25.0 Å². The summed E-state index contributed by atoms with van der Waals surface area (Å²) in [6.07, 6.45) is 0.916. The fourth-order valence-corrected chi connectivity index (χ4v) is 2.94. The van der Waals surface area contributed by atoms with Gasteiger partial charge in [-0.2, -0.15) is 5.26 Å². The van der Waals surface area contributed by atoms with E-state index < -0.39 is 6.10 Å². The molecule has 1 heterocycles. The van der Waals surface area contributed by atoms with Gasteiger partial charge in [0.2, 0.25) is 5.88 Å². The van der Waals surface area contributed by atoms with Gasteiger partial charge in [-0.25, -0.2) is 4.98 Å². The molecule has 32 heavy (non-hydrogen) atoms. The standard InChI is InChI=1S/C25H25N3O4/c1-17(2)24(32-22-10-5-4-7-19(22)14-26)25(29)28-16-18-11-12-23(27-15-18)31-21-9-6-8-20(13-21)30-3/h4-13,15,17,24H,16H2,1-3H3,(H,28,29). The van der Waals surface area contributed by atoms with Gasteiger partial charge in [-0.05, 0) is 35.7 Å². The Labute approximate surface area is 187 Å². The van der Waals surface area contributed by atoms with Crippen LogP contribution in [0.4, 0.5) is 0 Å². The number of amides is 1. The Morgan fingerprint density at radius 3 is 2.56 bits per heavy atom. The van der Waals surface area contributed by atoms with Gasteiger partial charge in [0.25, 0.3) is 5.91 Å². The molecule has 2 aromatic carbocycles. The van der Waals surface area contributed by atoms with Crippen molar-refractivity contribution in [2.45, 2.75) is 26.5 Å². The van der Waals surface area contributed by atoms with E-state index in [1.807, 2.05) is 38.1 Å². The van der Waals surface area contributed by atoms with Crippen molar-refractivity contribution in [3.8, 4) is 29.2 Å². The molecule has 1 N–H and O–H groups in total. The van der Waals surface area contributed by atoms with Gasteiger partial charge in [-0.1, -0.05) is 38.1 Å². The summed E-state index contributed by atoms with van der Waals surface area (Å²) in [4.78, 5) is 17.1. The number of ether oxygens (including phenoxy) is 3. The highest BCUT2D eigenvalue weighted by Gasteiger charge is 2.25. The lowest BCUT2D eigenvalue weighted by molar-refractivity contribution is -0.130. The fraction of sp³-hybridized carbons (Fsp3) is 0.240. The molecular weight excluding hydrogens is 406 g/mol. The Balaban J connectivity index is 1.59. The monoisotopic (exact) mass is 431 g/mol. The molecule has 164 valence electrons. The third-order valence-electron chi connectivity index (χ3n) is 4.65. The molecule has 7 heteroatoms. The molecule has 3 rings (SSSR count). The molecule has 0 aliphatic heterocycles. The minimum absolute atomic E-state index is 0.0847. The molecule has 3 aromatic rings. The molecule has 0 bridgehead atoms. The molecule has 0 saturated carbocycles. The summed E-state index contributed by atoms with van der Waals surface area (Å²) in [6.45, 7) is 4.08. The summed E-state index contributed by atoms with van der Waals surface area (Å²) in [5.74, 6) is 1.80. The number of methoxy groups -OCH3 is 1. The maximum atomic E-state index is 12.8. The van der Waals surface area contributed by atoms with E-state index in [1.165, 1.54) is 0 Å². The zero-order valence-electron chi connectivity index (χ0n) is 18.2. The number of rotatable bonds is 9. The number of para-hydroxylation sites is 1. The molecule has 0 fully saturated rings. The van der Waals surface area contributed by atoms with E-state index in [-0.39, 0.29) is 18.4 Å². The second-order valence-electron chi connectivity index (χ2n) is 7.39. The van der Waals surface area contributed by atoms with Crippen LogP contribution >= 0.6 is 0 Å². The number of hydrogen-bond acceptors (Lipinski definition) is 6. The Kier molecular flexibility index (Phi) is 7.65. The Bertz CT molecular complexity index is 1090. The Morgan fingerprint density at radius 1 is 1.09 bits per heavy atom. The van der Waals surface area contributed by atoms with Crippen molar-refractivity contribution in [3.05, 3.63) is 78.0 Å². The Hall–Kier alpha value is -4.05. The predicted octanol–water partition coefficient (Wildman–Crippen LogP) is 4.47. The highest BCUT2D eigenvalue weighted by molar-refractivity contribution is 5.81. The van der Waals surface area contributed by atoms with Crippen LogP contribution in [0.2, 0.25) is 0 Å². The van der Waals surface area contributed by atoms with Crippen LogP contribution in [0.25, 0.3) is 0 Å². The van der Waals surface area contributed by atoms with E-state index in [2.05, 4.69) is 16.4 Å². The van der Waals surface area contributed by atoms with E-state index in [9.17, 15) is 10.1 Å². The zero-order chi connectivity index (χ0) is 22.9. The van der Waals surface area contributed by atoms with Crippen molar-refractivity contribution < 1.29 is 19.0 Å². The number of carbonyl (C=O) groups excluding carboxylic acids is 1. The predicted molar refractivity (Wildman–Crippen MR) is 120 cm³/mol. The van der Waals surface area contributed by atoms with Crippen molar-refractivity contribution in [1.82, 2.24) is 10.3 Å². The first kappa shape index (κ1) is 22.6. The topological polar surface area (TPSA) is 93.5 Å². The van der Waals surface area contributed by atoms with Gasteiger partial charge in [-0.3, -0.25) is 4.79 Å². The van der Waals surface area contributed by atoms with E-state index in [1.54, 1.807) is 49.7 Å². The first-order valence-electron chi connectivity index (χ1n) is 10.2. The van der Waals surface area contributed by atoms with Crippen LogP contribution in [-0.2, 0) is 11.3 Å². The molecule has 0 radical (unpaired) electrons. The van der Waals surface area contributed by atoms with Crippen LogP contribution < -0.4 is 19.5 Å². The molecule has 0 spiro atoms. The van der Waals surface area contributed by atoms with Gasteiger partial charge in [0.05, 0.1) is 12.7 Å². The average Bonchev–Trinajstić information content (AvgIpc) is 2.82. The van der Waals surface area contributed by atoms with E-state index in [0.29, 0.717) is 28.7 Å². The molecule has 7 nitrogen and oxygen atoms in total. The normalized spacial score (nSPS) is 11.3. The van der Waals surface area contributed by atoms with Gasteiger partial charge >= 0.3 is 0 Å². The van der Waals surface area contributed by atoms with Crippen molar-refractivity contribution >= 4 is 5.91 Å². The number of pyridine rings is 1. The maximum absolute atomic E-state index is 12.8. The fourth-order valence-electron chi connectivity index (χ4n) is 2.94. The maximum Gasteiger partial charge on any atom is 0.261 e. The van der Waals surface area contributed by atoms with Gasteiger partial charge in [0, 0.05) is 24.9 Å². The number of carbonyl (C=O) groups is 1. The first-order chi connectivity index (χ1) is 15.5. The summed E-state index contributed by atoms with van der Waals surface area (Å²) in [7, 11) is 1.59. The summed E-state index contributed by atoms with van der Waals surface area (Å²) in [5.41, 5.74) is 1.21. The number of nitriles is 1. The SMILES string of the molecule is COc1cccc(Oc2ccc(CNC(=O)C(Oc3ccccc3C#N)C(C)C)cn2)c1. The number of aromatic nitrogens is 1. The number of benzene rings is 2. The lowest BCUT2D eigenvalue weighted by Gasteiger charge is -2.22. The summed E-state index contributed by atoms with van der Waals surface area (Å²) < 4.78 is 16.8. The second-order valence-corrected chi connectivity index (χ2v) is 7.39. The summed E-state index contributed by atoms with van der Waals surface area (Å²) in [6, 6.07) is 19.8. The molecular formula is C25H25N3O4. The summed E-state index contributed by atoms with van der Waals surface area (Å²) in [5, 5.41) is 12.1. The zero-order valence-corrected chi connectivity index (χ0v) is 18.2. The number of nitrogens with one attached hydrogen (secondary N) is 1. The molecule has 1 unspecified atom stereocenters. The van der Waals surface area contributed by atoms with Crippen LogP contribution in [-0.4, -0.2) is 24.1 Å². The molecule has 0 aliphatic carbocycles. The molecule has 1 amide bonds. The molecule has 0 aliphatic rings. The van der Waals surface area contributed by atoms with Crippen LogP contribution in [0.15, 0.2) is 66.9 Å². The van der Waals surface area contributed by atoms with Crippen LogP contribution in [0.5, 0.6) is 23.1 Å². The van der Waals surface area contributed by atoms with Gasteiger partial charge in [-0.15, -0.1) is 0 Å². The van der Waals surface area contributed by atoms with Crippen molar-refractivity contribution in [2.24, 2.45) is 5.92 Å². The van der Waals surface area contributed by atoms with Crippen LogP contribution in [0.3, 0.4) is 0 Å². The lowest BCUT2D eigenvalue weighted by atomic mass is 10.1. The summed E-state index contributed by atoms with van der Waals surface area (Å²) >= 11 is 0. The number of hydrogen-bond donors (Lipinski definition) is 1. The van der Waals surface area contributed by atoms with Crippen molar-refractivity contribution in [3.63, 3.8) is 0 Å². The quantitative estimate of drug-likeness (QED) is 0.537. The largest absolute Gasteiger partial charge is 0.497 e. The minimum Gasteiger partial charge on any atom is -0.497 e. The average molecular weight is 431 g/mol. The van der Waals surface area contributed by atoms with Gasteiger partial charge in [0.1, 0.15) is 23.3 Å². The molecule has 1 aromatic heterocycles. The van der Waals surface area contributed by atoms with Crippen molar-refractivity contribution in [1.29, 1.82) is 5.26 Å². The second kappa shape index (κ2) is 10.8. The molecule has 0 saturated heterocycles. The van der Waals surface area contributed by atoms with Gasteiger partial charge < -0.3 is 19.5 Å². The van der Waals surface area contributed by atoms with E-state index >= 15 is 0 Å². The highest BCUT2D eigenvalue weighted by atomic mass is 16.5. The van der Waals surface area contributed by atoms with E-state index in [4.69, 9.17) is 14.2 Å². The lowest BCUT2D eigenvalue weighted by Crippen LogP contribution is -2.41. The highest BCUT2D eigenvalue weighted by Crippen LogP contribution is 2.24. The van der Waals surface area contributed by atoms with Crippen molar-refractivity contribution in [2.75, 3.05) is 7.11 Å². The van der Waals surface area contributed by atoms with E-state index in [0.717, 1.165) is 5.56 Å².